The Kier molecular flexibility index (Phi) is 2.31. The summed E-state index contributed by atoms with van der Waals surface area (Å²) in [7, 11) is 0. The Labute approximate surface area is 87.7 Å². The Morgan fingerprint density at radius 1 is 0.857 bits per heavy atom. The molecule has 1 spiro atoms. The average molecular weight is 193 g/mol. The van der Waals surface area contributed by atoms with E-state index in [1.54, 1.807) is 25.7 Å². The van der Waals surface area contributed by atoms with Gasteiger partial charge in [-0.1, -0.05) is 19.3 Å². The Bertz CT molecular complexity index is 205. The molecule has 3 rings (SSSR count). The molecule has 0 radical (unpaired) electrons. The zero-order chi connectivity index (χ0) is 9.43. The van der Waals surface area contributed by atoms with Gasteiger partial charge in [-0.15, -0.1) is 0 Å². The first-order valence-electron chi connectivity index (χ1n) is 6.61. The van der Waals surface area contributed by atoms with Crippen molar-refractivity contribution in [2.24, 2.45) is 17.3 Å². The third-order valence-corrected chi connectivity index (χ3v) is 5.31. The van der Waals surface area contributed by atoms with Crippen LogP contribution in [0.25, 0.3) is 0 Å². The maximum Gasteiger partial charge on any atom is -0.00435 e. The third-order valence-electron chi connectivity index (χ3n) is 5.31. The van der Waals surface area contributed by atoms with Crippen LogP contribution in [0.5, 0.6) is 0 Å². The molecule has 1 saturated heterocycles. The van der Waals surface area contributed by atoms with E-state index in [9.17, 15) is 0 Å². The van der Waals surface area contributed by atoms with Gasteiger partial charge in [0.1, 0.15) is 0 Å². The molecule has 0 aromatic rings. The van der Waals surface area contributed by atoms with E-state index in [1.807, 2.05) is 0 Å². The molecule has 0 unspecified atom stereocenters. The number of rotatable bonds is 0. The van der Waals surface area contributed by atoms with Crippen LogP contribution in [-0.4, -0.2) is 13.1 Å². The molecule has 3 fully saturated rings. The highest BCUT2D eigenvalue weighted by atomic mass is 14.9. The van der Waals surface area contributed by atoms with Crippen molar-refractivity contribution >= 4 is 0 Å². The van der Waals surface area contributed by atoms with Crippen LogP contribution in [-0.2, 0) is 0 Å². The van der Waals surface area contributed by atoms with E-state index in [-0.39, 0.29) is 0 Å². The van der Waals surface area contributed by atoms with Crippen LogP contribution >= 0.6 is 0 Å². The molecule has 80 valence electrons. The zero-order valence-electron chi connectivity index (χ0n) is 9.23. The van der Waals surface area contributed by atoms with Crippen LogP contribution in [0, 0.1) is 17.3 Å². The Hall–Kier alpha value is -0.0400. The summed E-state index contributed by atoms with van der Waals surface area (Å²) in [6.07, 6.45) is 12.2. The second-order valence-electron chi connectivity index (χ2n) is 5.80. The van der Waals surface area contributed by atoms with Crippen LogP contribution in [0.4, 0.5) is 0 Å². The molecule has 2 aliphatic carbocycles. The fourth-order valence-electron chi connectivity index (χ4n) is 4.56. The van der Waals surface area contributed by atoms with Crippen LogP contribution in [0.3, 0.4) is 0 Å². The largest absolute Gasteiger partial charge is 0.317 e. The minimum atomic E-state index is 0.802. The lowest BCUT2D eigenvalue weighted by Crippen LogP contribution is -2.40. The second kappa shape index (κ2) is 3.52. The van der Waals surface area contributed by atoms with E-state index in [1.165, 1.54) is 38.8 Å². The lowest BCUT2D eigenvalue weighted by Gasteiger charge is -2.42. The van der Waals surface area contributed by atoms with Gasteiger partial charge in [0.25, 0.3) is 0 Å². The maximum atomic E-state index is 3.53. The Balaban J connectivity index is 1.78. The quantitative estimate of drug-likeness (QED) is 0.623. The van der Waals surface area contributed by atoms with Crippen molar-refractivity contribution in [3.63, 3.8) is 0 Å². The summed E-state index contributed by atoms with van der Waals surface area (Å²) >= 11 is 0. The van der Waals surface area contributed by atoms with Gasteiger partial charge in [-0.05, 0) is 62.4 Å². The normalized spacial score (nSPS) is 41.1. The first-order valence-corrected chi connectivity index (χ1v) is 6.61. The monoisotopic (exact) mass is 193 g/mol. The molecule has 1 N–H and O–H groups in total. The van der Waals surface area contributed by atoms with E-state index in [2.05, 4.69) is 5.32 Å². The standard InChI is InChI=1S/C13H23N/c1-2-4-12-11(3-1)5-6-13(12)7-9-14-10-8-13/h11-12,14H,1-10H2/t11-,12-/m0/s1. The van der Waals surface area contributed by atoms with Crippen molar-refractivity contribution in [1.29, 1.82) is 0 Å². The number of nitrogens with one attached hydrogen (secondary N) is 1. The van der Waals surface area contributed by atoms with Crippen LogP contribution < -0.4 is 5.32 Å². The third kappa shape index (κ3) is 1.32. The van der Waals surface area contributed by atoms with E-state index in [4.69, 9.17) is 0 Å². The van der Waals surface area contributed by atoms with Crippen LogP contribution in [0.2, 0.25) is 0 Å². The van der Waals surface area contributed by atoms with Crippen molar-refractivity contribution in [2.75, 3.05) is 13.1 Å². The van der Waals surface area contributed by atoms with E-state index < -0.39 is 0 Å². The summed E-state index contributed by atoms with van der Waals surface area (Å²) in [6.45, 7) is 2.59. The molecule has 1 nitrogen and oxygen atoms in total. The maximum absolute atomic E-state index is 3.53. The first kappa shape index (κ1) is 9.21. The van der Waals surface area contributed by atoms with Gasteiger partial charge in [0.2, 0.25) is 0 Å². The Morgan fingerprint density at radius 2 is 1.64 bits per heavy atom. The molecule has 2 atom stereocenters. The fourth-order valence-corrected chi connectivity index (χ4v) is 4.56. The highest BCUT2D eigenvalue weighted by molar-refractivity contribution is 4.99. The number of hydrogen-bond acceptors (Lipinski definition) is 1. The van der Waals surface area contributed by atoms with Gasteiger partial charge in [0, 0.05) is 0 Å². The van der Waals surface area contributed by atoms with Gasteiger partial charge >= 0.3 is 0 Å². The van der Waals surface area contributed by atoms with Crippen molar-refractivity contribution in [3.05, 3.63) is 0 Å². The van der Waals surface area contributed by atoms with E-state index >= 15 is 0 Å². The zero-order valence-corrected chi connectivity index (χ0v) is 9.23. The summed E-state index contributed by atoms with van der Waals surface area (Å²) in [4.78, 5) is 0. The minimum Gasteiger partial charge on any atom is -0.317 e. The van der Waals surface area contributed by atoms with E-state index in [0.717, 1.165) is 17.3 Å². The topological polar surface area (TPSA) is 12.0 Å². The molecular weight excluding hydrogens is 170 g/mol. The predicted octanol–water partition coefficient (Wildman–Crippen LogP) is 2.96. The molecule has 1 heterocycles. The van der Waals surface area contributed by atoms with Gasteiger partial charge in [0.15, 0.2) is 0 Å². The SMILES string of the molecule is C1CC[C@H]2[C@@H](C1)CCC21CCNCC1. The van der Waals surface area contributed by atoms with Crippen molar-refractivity contribution in [3.8, 4) is 0 Å². The molecule has 0 bridgehead atoms. The molecule has 14 heavy (non-hydrogen) atoms. The van der Waals surface area contributed by atoms with Gasteiger partial charge in [0.05, 0.1) is 0 Å². The van der Waals surface area contributed by atoms with Crippen molar-refractivity contribution < 1.29 is 0 Å². The molecule has 0 aromatic carbocycles. The lowest BCUT2D eigenvalue weighted by atomic mass is 9.65. The van der Waals surface area contributed by atoms with Crippen LogP contribution in [0.1, 0.15) is 51.4 Å². The molecule has 0 aromatic heterocycles. The average Bonchev–Trinajstić information content (AvgIpc) is 2.60. The minimum absolute atomic E-state index is 0.802. The Morgan fingerprint density at radius 3 is 2.50 bits per heavy atom. The first-order chi connectivity index (χ1) is 6.91. The molecule has 1 aliphatic heterocycles. The van der Waals surface area contributed by atoms with Gasteiger partial charge < -0.3 is 5.32 Å². The van der Waals surface area contributed by atoms with Gasteiger partial charge in [-0.25, -0.2) is 0 Å². The number of piperidine rings is 1. The molecule has 2 saturated carbocycles. The summed E-state index contributed by atoms with van der Waals surface area (Å²) in [5, 5.41) is 3.53. The predicted molar refractivity (Wildman–Crippen MR) is 59.2 cm³/mol. The van der Waals surface area contributed by atoms with Crippen molar-refractivity contribution in [1.82, 2.24) is 5.32 Å². The smallest absolute Gasteiger partial charge is 0.00435 e. The van der Waals surface area contributed by atoms with E-state index in [0.29, 0.717) is 0 Å². The second-order valence-corrected chi connectivity index (χ2v) is 5.80. The molecular formula is C13H23N. The molecule has 1 heteroatoms. The number of fused-ring (bicyclic) bond motifs is 2. The molecule has 0 amide bonds. The van der Waals surface area contributed by atoms with Gasteiger partial charge in [-0.3, -0.25) is 0 Å². The van der Waals surface area contributed by atoms with Crippen LogP contribution in [0.15, 0.2) is 0 Å². The number of hydrogen-bond donors (Lipinski definition) is 1. The summed E-state index contributed by atoms with van der Waals surface area (Å²) < 4.78 is 0. The summed E-state index contributed by atoms with van der Waals surface area (Å²) in [5.74, 6) is 2.25. The van der Waals surface area contributed by atoms with Crippen molar-refractivity contribution in [2.45, 2.75) is 51.4 Å². The highest BCUT2D eigenvalue weighted by Gasteiger charge is 2.48. The molecule has 3 aliphatic rings. The highest BCUT2D eigenvalue weighted by Crippen LogP contribution is 2.57. The summed E-state index contributed by atoms with van der Waals surface area (Å²) in [6, 6.07) is 0. The lowest BCUT2D eigenvalue weighted by molar-refractivity contribution is 0.0897. The summed E-state index contributed by atoms with van der Waals surface area (Å²) in [5.41, 5.74) is 0.802. The van der Waals surface area contributed by atoms with Gasteiger partial charge in [-0.2, -0.15) is 0 Å². The fraction of sp³-hybridized carbons (Fsp3) is 1.00.